The van der Waals surface area contributed by atoms with Crippen molar-refractivity contribution >= 4 is 0 Å². The van der Waals surface area contributed by atoms with E-state index in [2.05, 4.69) is 52.1 Å². The Morgan fingerprint density at radius 2 is 1.67 bits per heavy atom. The van der Waals surface area contributed by atoms with Crippen LogP contribution in [-0.2, 0) is 4.74 Å². The van der Waals surface area contributed by atoms with Crippen molar-refractivity contribution in [2.24, 2.45) is 5.92 Å². The van der Waals surface area contributed by atoms with Gasteiger partial charge in [-0.15, -0.1) is 0 Å². The van der Waals surface area contributed by atoms with E-state index < -0.39 is 0 Å². The fraction of sp³-hybridized carbons (Fsp3) is 0.625. The minimum atomic E-state index is 0.393. The van der Waals surface area contributed by atoms with Crippen molar-refractivity contribution in [3.05, 3.63) is 34.4 Å². The number of hydrogen-bond donors (Lipinski definition) is 1. The molecule has 1 N–H and O–H groups in total. The highest BCUT2D eigenvalue weighted by atomic mass is 16.5. The quantitative estimate of drug-likeness (QED) is 0.832. The number of methoxy groups -OCH3 is 1. The molecule has 0 radical (unpaired) electrons. The summed E-state index contributed by atoms with van der Waals surface area (Å²) >= 11 is 0. The average Bonchev–Trinajstić information content (AvgIpc) is 2.25. The molecule has 1 rings (SSSR count). The smallest absolute Gasteiger partial charge is 0.0499 e. The first-order valence-corrected chi connectivity index (χ1v) is 6.75. The predicted molar refractivity (Wildman–Crippen MR) is 78.1 cm³/mol. The maximum Gasteiger partial charge on any atom is 0.0499 e. The third kappa shape index (κ3) is 4.11. The van der Waals surface area contributed by atoms with E-state index in [0.717, 1.165) is 13.2 Å². The van der Waals surface area contributed by atoms with Crippen LogP contribution in [0.2, 0.25) is 0 Å². The molecule has 0 aliphatic heterocycles. The molecule has 18 heavy (non-hydrogen) atoms. The normalized spacial score (nSPS) is 14.6. The molecule has 2 nitrogen and oxygen atoms in total. The summed E-state index contributed by atoms with van der Waals surface area (Å²) in [7, 11) is 1.76. The van der Waals surface area contributed by atoms with Crippen LogP contribution in [0.25, 0.3) is 0 Å². The van der Waals surface area contributed by atoms with E-state index in [1.807, 2.05) is 0 Å². The van der Waals surface area contributed by atoms with Crippen LogP contribution in [0.3, 0.4) is 0 Å². The summed E-state index contributed by atoms with van der Waals surface area (Å²) in [4.78, 5) is 0. The highest BCUT2D eigenvalue weighted by molar-refractivity contribution is 5.39. The van der Waals surface area contributed by atoms with Crippen LogP contribution in [-0.4, -0.2) is 20.3 Å². The van der Waals surface area contributed by atoms with Crippen molar-refractivity contribution in [1.29, 1.82) is 0 Å². The number of nitrogens with one attached hydrogen (secondary N) is 1. The van der Waals surface area contributed by atoms with Crippen LogP contribution < -0.4 is 5.32 Å². The molecule has 0 saturated carbocycles. The standard InChI is InChI=1S/C16H27NO/c1-11-7-13(3)16(14(4)8-11)15(5)17-9-12(2)10-18-6/h7-8,12,15,17H,9-10H2,1-6H3. The second-order valence-corrected chi connectivity index (χ2v) is 5.50. The lowest BCUT2D eigenvalue weighted by Gasteiger charge is -2.21. The Hall–Kier alpha value is -0.860. The van der Waals surface area contributed by atoms with Crippen LogP contribution in [0.4, 0.5) is 0 Å². The summed E-state index contributed by atoms with van der Waals surface area (Å²) in [6.45, 7) is 12.8. The maximum absolute atomic E-state index is 5.16. The molecule has 0 aliphatic rings. The Kier molecular flexibility index (Phi) is 5.83. The SMILES string of the molecule is COCC(C)CNC(C)c1c(C)cc(C)cc1C. The van der Waals surface area contributed by atoms with Gasteiger partial charge < -0.3 is 10.1 Å². The Morgan fingerprint density at radius 1 is 1.11 bits per heavy atom. The summed E-state index contributed by atoms with van der Waals surface area (Å²) in [5.41, 5.74) is 5.54. The maximum atomic E-state index is 5.16. The van der Waals surface area contributed by atoms with Gasteiger partial charge in [-0.1, -0.05) is 24.6 Å². The van der Waals surface area contributed by atoms with E-state index in [1.54, 1.807) is 7.11 Å². The zero-order chi connectivity index (χ0) is 13.7. The fourth-order valence-corrected chi connectivity index (χ4v) is 2.70. The van der Waals surface area contributed by atoms with Gasteiger partial charge in [-0.25, -0.2) is 0 Å². The molecular formula is C16H27NO. The van der Waals surface area contributed by atoms with E-state index in [9.17, 15) is 0 Å². The third-order valence-electron chi connectivity index (χ3n) is 3.39. The molecule has 0 amide bonds. The summed E-state index contributed by atoms with van der Waals surface area (Å²) in [5, 5.41) is 3.60. The lowest BCUT2D eigenvalue weighted by atomic mass is 9.94. The monoisotopic (exact) mass is 249 g/mol. The van der Waals surface area contributed by atoms with Crippen molar-refractivity contribution in [2.75, 3.05) is 20.3 Å². The first kappa shape index (κ1) is 15.2. The summed E-state index contributed by atoms with van der Waals surface area (Å²) in [6.07, 6.45) is 0. The average molecular weight is 249 g/mol. The van der Waals surface area contributed by atoms with E-state index in [1.165, 1.54) is 22.3 Å². The zero-order valence-electron chi connectivity index (χ0n) is 12.6. The lowest BCUT2D eigenvalue weighted by Crippen LogP contribution is -2.27. The number of rotatable bonds is 6. The molecule has 0 aromatic heterocycles. The molecule has 0 spiro atoms. The van der Waals surface area contributed by atoms with Gasteiger partial charge in [0.15, 0.2) is 0 Å². The summed E-state index contributed by atoms with van der Waals surface area (Å²) < 4.78 is 5.16. The molecule has 2 unspecified atom stereocenters. The zero-order valence-corrected chi connectivity index (χ0v) is 12.6. The van der Waals surface area contributed by atoms with Gasteiger partial charge in [0, 0.05) is 26.3 Å². The van der Waals surface area contributed by atoms with E-state index in [0.29, 0.717) is 12.0 Å². The molecule has 102 valence electrons. The van der Waals surface area contributed by atoms with Crippen LogP contribution in [0.5, 0.6) is 0 Å². The van der Waals surface area contributed by atoms with Crippen molar-refractivity contribution < 1.29 is 4.74 Å². The van der Waals surface area contributed by atoms with Gasteiger partial charge >= 0.3 is 0 Å². The van der Waals surface area contributed by atoms with Gasteiger partial charge in [-0.2, -0.15) is 0 Å². The van der Waals surface area contributed by atoms with E-state index in [4.69, 9.17) is 4.74 Å². The van der Waals surface area contributed by atoms with Crippen LogP contribution in [0.1, 0.15) is 42.1 Å². The van der Waals surface area contributed by atoms with Gasteiger partial charge in [0.25, 0.3) is 0 Å². The highest BCUT2D eigenvalue weighted by Crippen LogP contribution is 2.23. The molecule has 2 atom stereocenters. The topological polar surface area (TPSA) is 21.3 Å². The molecule has 0 saturated heterocycles. The molecule has 0 bridgehead atoms. The second kappa shape index (κ2) is 6.91. The van der Waals surface area contributed by atoms with E-state index >= 15 is 0 Å². The van der Waals surface area contributed by atoms with Gasteiger partial charge in [0.1, 0.15) is 0 Å². The Labute approximate surface area is 112 Å². The van der Waals surface area contributed by atoms with E-state index in [-0.39, 0.29) is 0 Å². The van der Waals surface area contributed by atoms with Gasteiger partial charge in [-0.3, -0.25) is 0 Å². The molecule has 0 aliphatic carbocycles. The van der Waals surface area contributed by atoms with Crippen LogP contribution in [0, 0.1) is 26.7 Å². The molecule has 1 aromatic rings. The number of ether oxygens (including phenoxy) is 1. The molecular weight excluding hydrogens is 222 g/mol. The van der Waals surface area contributed by atoms with Gasteiger partial charge in [0.2, 0.25) is 0 Å². The van der Waals surface area contributed by atoms with Gasteiger partial charge in [-0.05, 0) is 50.3 Å². The van der Waals surface area contributed by atoms with Crippen molar-refractivity contribution in [3.63, 3.8) is 0 Å². The van der Waals surface area contributed by atoms with Crippen LogP contribution in [0.15, 0.2) is 12.1 Å². The summed E-state index contributed by atoms with van der Waals surface area (Å²) in [6, 6.07) is 4.92. The fourth-order valence-electron chi connectivity index (χ4n) is 2.70. The van der Waals surface area contributed by atoms with Crippen LogP contribution >= 0.6 is 0 Å². The first-order chi connectivity index (χ1) is 8.45. The summed E-state index contributed by atoms with van der Waals surface area (Å²) in [5.74, 6) is 0.545. The molecule has 0 heterocycles. The molecule has 0 fully saturated rings. The first-order valence-electron chi connectivity index (χ1n) is 6.75. The number of aryl methyl sites for hydroxylation is 3. The highest BCUT2D eigenvalue weighted by Gasteiger charge is 2.12. The third-order valence-corrected chi connectivity index (χ3v) is 3.39. The Bertz CT molecular complexity index is 364. The second-order valence-electron chi connectivity index (χ2n) is 5.50. The number of benzene rings is 1. The van der Waals surface area contributed by atoms with Crippen molar-refractivity contribution in [1.82, 2.24) is 5.32 Å². The molecule has 2 heteroatoms. The Morgan fingerprint density at radius 3 is 2.17 bits per heavy atom. The predicted octanol–water partition coefficient (Wildman–Crippen LogP) is 3.54. The number of hydrogen-bond acceptors (Lipinski definition) is 2. The van der Waals surface area contributed by atoms with Crippen molar-refractivity contribution in [2.45, 2.75) is 40.7 Å². The minimum absolute atomic E-state index is 0.393. The van der Waals surface area contributed by atoms with Crippen molar-refractivity contribution in [3.8, 4) is 0 Å². The Balaban J connectivity index is 2.70. The largest absolute Gasteiger partial charge is 0.384 e. The minimum Gasteiger partial charge on any atom is -0.384 e. The molecule has 1 aromatic carbocycles. The lowest BCUT2D eigenvalue weighted by molar-refractivity contribution is 0.157. The van der Waals surface area contributed by atoms with Gasteiger partial charge in [0.05, 0.1) is 0 Å².